The number of unbranched alkanes of at least 4 members (excludes halogenated alkanes) is 6. The average Bonchev–Trinajstić information content (AvgIpc) is 2.86. The summed E-state index contributed by atoms with van der Waals surface area (Å²) in [6, 6.07) is 0. The van der Waals surface area contributed by atoms with Gasteiger partial charge in [-0.2, -0.15) is 0 Å². The standard InChI is InChI=1S/C24H46O3Si/c1-10-12-13-14-15-16-17-18-20(27-28(8,9)23(3,4)5)19-22-21(11-2)25-24(6,7)26-22/h2,20-22H,10,12-19H2,1,3-9H3/t20-,21+,22+/m1/s1. The number of hydrogen-bond donors (Lipinski definition) is 0. The monoisotopic (exact) mass is 410 g/mol. The predicted molar refractivity (Wildman–Crippen MR) is 122 cm³/mol. The van der Waals surface area contributed by atoms with Crippen LogP contribution in [0.2, 0.25) is 18.1 Å². The lowest BCUT2D eigenvalue weighted by molar-refractivity contribution is -0.144. The minimum atomic E-state index is -1.84. The predicted octanol–water partition coefficient (Wildman–Crippen LogP) is 7.06. The van der Waals surface area contributed by atoms with Gasteiger partial charge in [-0.1, -0.05) is 78.6 Å². The molecule has 1 heterocycles. The lowest BCUT2D eigenvalue weighted by Gasteiger charge is -2.40. The van der Waals surface area contributed by atoms with Crippen LogP contribution < -0.4 is 0 Å². The topological polar surface area (TPSA) is 27.7 Å². The van der Waals surface area contributed by atoms with E-state index < -0.39 is 14.1 Å². The van der Waals surface area contributed by atoms with Crippen molar-refractivity contribution in [3.8, 4) is 12.3 Å². The van der Waals surface area contributed by atoms with E-state index in [-0.39, 0.29) is 23.4 Å². The van der Waals surface area contributed by atoms with Crippen molar-refractivity contribution in [1.29, 1.82) is 0 Å². The van der Waals surface area contributed by atoms with Crippen LogP contribution in [-0.2, 0) is 13.9 Å². The zero-order chi connectivity index (χ0) is 21.4. The Morgan fingerprint density at radius 1 is 1.04 bits per heavy atom. The molecule has 0 spiro atoms. The maximum Gasteiger partial charge on any atom is 0.192 e. The van der Waals surface area contributed by atoms with Crippen LogP contribution in [0.3, 0.4) is 0 Å². The molecule has 0 aromatic carbocycles. The molecule has 1 saturated heterocycles. The zero-order valence-corrected chi connectivity index (χ0v) is 20.9. The van der Waals surface area contributed by atoms with Gasteiger partial charge in [0.1, 0.15) is 12.2 Å². The first-order chi connectivity index (χ1) is 12.9. The minimum Gasteiger partial charge on any atom is -0.414 e. The van der Waals surface area contributed by atoms with Gasteiger partial charge in [0, 0.05) is 12.5 Å². The van der Waals surface area contributed by atoms with Gasteiger partial charge < -0.3 is 13.9 Å². The largest absolute Gasteiger partial charge is 0.414 e. The summed E-state index contributed by atoms with van der Waals surface area (Å²) >= 11 is 0. The summed E-state index contributed by atoms with van der Waals surface area (Å²) < 4.78 is 18.8. The van der Waals surface area contributed by atoms with Crippen molar-refractivity contribution >= 4 is 8.32 Å². The third-order valence-electron chi connectivity index (χ3n) is 6.24. The van der Waals surface area contributed by atoms with Crippen LogP contribution in [0.15, 0.2) is 0 Å². The van der Waals surface area contributed by atoms with Gasteiger partial charge in [-0.25, -0.2) is 0 Å². The maximum absolute atomic E-state index is 6.81. The second-order valence-electron chi connectivity index (χ2n) is 10.4. The van der Waals surface area contributed by atoms with E-state index in [1.54, 1.807) is 0 Å². The highest BCUT2D eigenvalue weighted by molar-refractivity contribution is 6.74. The smallest absolute Gasteiger partial charge is 0.192 e. The van der Waals surface area contributed by atoms with Gasteiger partial charge in [-0.3, -0.25) is 0 Å². The van der Waals surface area contributed by atoms with Crippen LogP contribution in [0.5, 0.6) is 0 Å². The Hall–Kier alpha value is -0.343. The molecule has 3 atom stereocenters. The lowest BCUT2D eigenvalue weighted by Crippen LogP contribution is -2.45. The summed E-state index contributed by atoms with van der Waals surface area (Å²) in [5.41, 5.74) is 0. The Morgan fingerprint density at radius 3 is 2.14 bits per heavy atom. The molecule has 1 aliphatic rings. The third-order valence-corrected chi connectivity index (χ3v) is 10.8. The fraction of sp³-hybridized carbons (Fsp3) is 0.917. The summed E-state index contributed by atoms with van der Waals surface area (Å²) in [6.45, 7) is 17.7. The van der Waals surface area contributed by atoms with E-state index in [2.05, 4.69) is 46.7 Å². The van der Waals surface area contributed by atoms with Crippen LogP contribution >= 0.6 is 0 Å². The molecular weight excluding hydrogens is 364 g/mol. The highest BCUT2D eigenvalue weighted by Crippen LogP contribution is 2.39. The molecule has 0 aromatic heterocycles. The van der Waals surface area contributed by atoms with Crippen molar-refractivity contribution in [2.75, 3.05) is 0 Å². The summed E-state index contributed by atoms with van der Waals surface area (Å²) in [5.74, 6) is 2.16. The molecule has 1 fully saturated rings. The van der Waals surface area contributed by atoms with E-state index >= 15 is 0 Å². The molecule has 0 aliphatic carbocycles. The highest BCUT2D eigenvalue weighted by atomic mass is 28.4. The minimum absolute atomic E-state index is 0.0840. The first-order valence-electron chi connectivity index (χ1n) is 11.4. The second-order valence-corrected chi connectivity index (χ2v) is 15.2. The number of hydrogen-bond acceptors (Lipinski definition) is 3. The molecule has 1 rings (SSSR count). The summed E-state index contributed by atoms with van der Waals surface area (Å²) in [6.07, 6.45) is 16.6. The number of terminal acetylenes is 1. The maximum atomic E-state index is 6.81. The van der Waals surface area contributed by atoms with Crippen molar-refractivity contribution in [3.05, 3.63) is 0 Å². The fourth-order valence-electron chi connectivity index (χ4n) is 3.56. The number of rotatable bonds is 12. The van der Waals surface area contributed by atoms with Crippen LogP contribution in [-0.4, -0.2) is 32.4 Å². The van der Waals surface area contributed by atoms with Crippen LogP contribution in [0.4, 0.5) is 0 Å². The molecule has 1 aliphatic heterocycles. The van der Waals surface area contributed by atoms with E-state index in [4.69, 9.17) is 20.3 Å². The van der Waals surface area contributed by atoms with E-state index in [1.165, 1.54) is 44.9 Å². The molecular formula is C24H46O3Si. The molecule has 0 unspecified atom stereocenters. The Morgan fingerprint density at radius 2 is 1.61 bits per heavy atom. The molecule has 164 valence electrons. The SMILES string of the molecule is C#C[C@@H]1OC(C)(C)O[C@H]1C[C@@H](CCCCCCCCC)O[Si](C)(C)C(C)(C)C. The van der Waals surface area contributed by atoms with E-state index in [9.17, 15) is 0 Å². The summed E-state index contributed by atoms with van der Waals surface area (Å²) in [5, 5.41) is 0.198. The molecule has 0 aromatic rings. The van der Waals surface area contributed by atoms with Gasteiger partial charge >= 0.3 is 0 Å². The van der Waals surface area contributed by atoms with E-state index in [0.717, 1.165) is 12.8 Å². The van der Waals surface area contributed by atoms with Crippen LogP contribution in [0.1, 0.15) is 99.3 Å². The van der Waals surface area contributed by atoms with Gasteiger partial charge in [0.25, 0.3) is 0 Å². The Labute approximate surface area is 176 Å². The summed E-state index contributed by atoms with van der Waals surface area (Å²) in [4.78, 5) is 0. The molecule has 0 N–H and O–H groups in total. The van der Waals surface area contributed by atoms with E-state index in [0.29, 0.717) is 0 Å². The molecule has 0 saturated carbocycles. The zero-order valence-electron chi connectivity index (χ0n) is 19.9. The molecule has 0 bridgehead atoms. The van der Waals surface area contributed by atoms with E-state index in [1.807, 2.05) is 13.8 Å². The van der Waals surface area contributed by atoms with Crippen molar-refractivity contribution in [3.63, 3.8) is 0 Å². The molecule has 0 amide bonds. The van der Waals surface area contributed by atoms with Crippen LogP contribution in [0, 0.1) is 12.3 Å². The molecule has 3 nitrogen and oxygen atoms in total. The third kappa shape index (κ3) is 8.57. The van der Waals surface area contributed by atoms with Crippen molar-refractivity contribution < 1.29 is 13.9 Å². The quantitative estimate of drug-likeness (QED) is 0.196. The molecule has 4 heteroatoms. The highest BCUT2D eigenvalue weighted by Gasteiger charge is 2.44. The van der Waals surface area contributed by atoms with Gasteiger partial charge in [-0.05, 0) is 38.4 Å². The molecule has 0 radical (unpaired) electrons. The molecule has 28 heavy (non-hydrogen) atoms. The second kappa shape index (κ2) is 11.2. The number of ether oxygens (including phenoxy) is 2. The fourth-order valence-corrected chi connectivity index (χ4v) is 4.96. The van der Waals surface area contributed by atoms with Crippen molar-refractivity contribution in [2.45, 2.75) is 142 Å². The van der Waals surface area contributed by atoms with Gasteiger partial charge in [0.15, 0.2) is 14.1 Å². The van der Waals surface area contributed by atoms with Gasteiger partial charge in [0.05, 0.1) is 0 Å². The van der Waals surface area contributed by atoms with Gasteiger partial charge in [0.2, 0.25) is 0 Å². The van der Waals surface area contributed by atoms with Crippen LogP contribution in [0.25, 0.3) is 0 Å². The Kier molecular flexibility index (Phi) is 10.2. The van der Waals surface area contributed by atoms with Crippen molar-refractivity contribution in [1.82, 2.24) is 0 Å². The average molecular weight is 411 g/mol. The summed E-state index contributed by atoms with van der Waals surface area (Å²) in [7, 11) is -1.84. The first kappa shape index (κ1) is 25.7. The Bertz CT molecular complexity index is 487. The normalized spacial score (nSPS) is 23.5. The first-order valence-corrected chi connectivity index (χ1v) is 14.3. The van der Waals surface area contributed by atoms with Crippen molar-refractivity contribution in [2.24, 2.45) is 0 Å². The Balaban J connectivity index is 2.66. The lowest BCUT2D eigenvalue weighted by atomic mass is 10.0. The van der Waals surface area contributed by atoms with Gasteiger partial charge in [-0.15, -0.1) is 6.42 Å².